The second-order valence-corrected chi connectivity index (χ2v) is 14.6. The quantitative estimate of drug-likeness (QED) is 0.421. The number of hydrogen-bond acceptors (Lipinski definition) is 2. The molecule has 22 heavy (non-hydrogen) atoms. The maximum Gasteiger partial charge on any atom is 0.273 e. The van der Waals surface area contributed by atoms with E-state index >= 15 is 0 Å². The normalized spacial score (nSPS) is 14.1. The topological polar surface area (TPSA) is 54.4 Å². The standard InChI is InChI=1S/C17H35O3SSi/c1-9-11-17(7,8)22(12-14(3)4,13-15(5)6)16(10-2)21(18,19)20/h10,14-15H,2,9,11-13H2,1,3-8H3,(H,18,19,20). The molecule has 0 saturated carbocycles. The largest absolute Gasteiger partial charge is 0.285 e. The summed E-state index contributed by atoms with van der Waals surface area (Å²) in [5.41, 5.74) is 0. The third kappa shape index (κ3) is 5.20. The molecule has 5 heteroatoms. The van der Waals surface area contributed by atoms with Gasteiger partial charge in [0.1, 0.15) is 4.87 Å². The van der Waals surface area contributed by atoms with Crippen LogP contribution in [0.1, 0.15) is 61.3 Å². The zero-order valence-electron chi connectivity index (χ0n) is 15.4. The van der Waals surface area contributed by atoms with Crippen LogP contribution in [0.3, 0.4) is 0 Å². The van der Waals surface area contributed by atoms with Crippen molar-refractivity contribution < 1.29 is 13.0 Å². The van der Waals surface area contributed by atoms with Gasteiger partial charge < -0.3 is 0 Å². The molecule has 0 fully saturated rings. The lowest BCUT2D eigenvalue weighted by atomic mass is 10.1. The molecule has 0 atom stereocenters. The molecular formula is C17H35O3SSi. The maximum absolute atomic E-state index is 12.1. The van der Waals surface area contributed by atoms with Gasteiger partial charge in [0.05, 0.1) is 8.07 Å². The highest BCUT2D eigenvalue weighted by Crippen LogP contribution is 2.54. The molecule has 0 aromatic rings. The smallest absolute Gasteiger partial charge is 0.273 e. The van der Waals surface area contributed by atoms with Gasteiger partial charge in [0.15, 0.2) is 0 Å². The molecule has 0 aliphatic carbocycles. The van der Waals surface area contributed by atoms with E-state index in [9.17, 15) is 13.0 Å². The first-order chi connectivity index (χ1) is 9.84. The molecule has 0 unspecified atom stereocenters. The van der Waals surface area contributed by atoms with Crippen molar-refractivity contribution >= 4 is 18.2 Å². The van der Waals surface area contributed by atoms with E-state index in [0.29, 0.717) is 11.8 Å². The molecule has 1 radical (unpaired) electrons. The van der Waals surface area contributed by atoms with Gasteiger partial charge in [-0.3, -0.25) is 4.55 Å². The molecule has 0 rings (SSSR count). The first kappa shape index (κ1) is 21.9. The van der Waals surface area contributed by atoms with Gasteiger partial charge in [-0.25, -0.2) is 0 Å². The van der Waals surface area contributed by atoms with Gasteiger partial charge in [0.25, 0.3) is 10.1 Å². The molecule has 1 N–H and O–H groups in total. The summed E-state index contributed by atoms with van der Waals surface area (Å²) < 4.78 is 34.1. The van der Waals surface area contributed by atoms with Crippen molar-refractivity contribution in [3.8, 4) is 0 Å². The predicted octanol–water partition coefficient (Wildman–Crippen LogP) is 5.47. The molecule has 0 spiro atoms. The van der Waals surface area contributed by atoms with E-state index in [4.69, 9.17) is 0 Å². The molecule has 0 aliphatic rings. The Labute approximate surface area is 139 Å². The maximum atomic E-state index is 12.1. The van der Waals surface area contributed by atoms with E-state index in [1.807, 2.05) is 0 Å². The molecule has 0 aliphatic heterocycles. The Bertz CT molecular complexity index is 443. The van der Waals surface area contributed by atoms with Crippen LogP contribution in [0.25, 0.3) is 0 Å². The highest BCUT2D eigenvalue weighted by Gasteiger charge is 2.56. The second-order valence-electron chi connectivity index (χ2n) is 7.96. The van der Waals surface area contributed by atoms with Crippen LogP contribution in [0.4, 0.5) is 0 Å². The third-order valence-corrected chi connectivity index (χ3v) is 14.3. The first-order valence-electron chi connectivity index (χ1n) is 8.31. The van der Waals surface area contributed by atoms with Crippen LogP contribution in [0.15, 0.2) is 12.7 Å². The predicted molar refractivity (Wildman–Crippen MR) is 99.0 cm³/mol. The van der Waals surface area contributed by atoms with E-state index in [-0.39, 0.29) is 9.91 Å². The Hall–Kier alpha value is -0.133. The summed E-state index contributed by atoms with van der Waals surface area (Å²) in [4.78, 5) is 0.237. The van der Waals surface area contributed by atoms with E-state index in [1.165, 1.54) is 6.08 Å². The zero-order valence-corrected chi connectivity index (χ0v) is 17.3. The van der Waals surface area contributed by atoms with Gasteiger partial charge in [-0.15, -0.1) is 6.58 Å². The molecule has 3 nitrogen and oxygen atoms in total. The lowest BCUT2D eigenvalue weighted by Gasteiger charge is -2.49. The number of hydrogen-bond donors (Lipinski definition) is 1. The Morgan fingerprint density at radius 1 is 1.18 bits per heavy atom. The molecular weight excluding hydrogens is 312 g/mol. The van der Waals surface area contributed by atoms with E-state index < -0.39 is 18.2 Å². The molecule has 0 saturated heterocycles. The number of rotatable bonds is 10. The van der Waals surface area contributed by atoms with Gasteiger partial charge in [0, 0.05) is 0 Å². The minimum Gasteiger partial charge on any atom is -0.285 e. The van der Waals surface area contributed by atoms with Crippen LogP contribution in [-0.2, 0) is 10.1 Å². The summed E-state index contributed by atoms with van der Waals surface area (Å²) >= 11 is 0. The van der Waals surface area contributed by atoms with Gasteiger partial charge in [-0.2, -0.15) is 8.42 Å². The van der Waals surface area contributed by atoms with E-state index in [0.717, 1.165) is 24.9 Å². The van der Waals surface area contributed by atoms with Crippen LogP contribution in [0, 0.1) is 16.7 Å². The van der Waals surface area contributed by atoms with Crippen molar-refractivity contribution in [2.75, 3.05) is 0 Å². The Balaban J connectivity index is 6.35. The van der Waals surface area contributed by atoms with E-state index in [1.54, 1.807) is 0 Å². The summed E-state index contributed by atoms with van der Waals surface area (Å²) in [6, 6.07) is 1.72. The molecule has 0 bridgehead atoms. The van der Waals surface area contributed by atoms with Crippen molar-refractivity contribution in [3.63, 3.8) is 0 Å². The fourth-order valence-corrected chi connectivity index (χ4v) is 13.7. The van der Waals surface area contributed by atoms with Gasteiger partial charge >= 0.3 is 0 Å². The first-order valence-corrected chi connectivity index (χ1v) is 12.2. The summed E-state index contributed by atoms with van der Waals surface area (Å²) in [6.45, 7) is 18.8. The average Bonchev–Trinajstić information content (AvgIpc) is 2.25. The average molecular weight is 348 g/mol. The highest BCUT2D eigenvalue weighted by molar-refractivity contribution is 7.91. The Kier molecular flexibility index (Phi) is 8.06. The van der Waals surface area contributed by atoms with Gasteiger partial charge in [0.2, 0.25) is 0 Å². The zero-order chi connectivity index (χ0) is 17.8. The van der Waals surface area contributed by atoms with Crippen molar-refractivity contribution in [3.05, 3.63) is 17.5 Å². The summed E-state index contributed by atoms with van der Waals surface area (Å²) in [7, 11) is -6.68. The molecule has 0 aromatic carbocycles. The summed E-state index contributed by atoms with van der Waals surface area (Å²) in [6.07, 6.45) is 3.39. The fourth-order valence-electron chi connectivity index (χ4n) is 3.98. The van der Waals surface area contributed by atoms with Crippen LogP contribution in [0.2, 0.25) is 17.1 Å². The van der Waals surface area contributed by atoms with Crippen molar-refractivity contribution in [2.24, 2.45) is 11.8 Å². The minimum absolute atomic E-state index is 0.102. The van der Waals surface area contributed by atoms with Gasteiger partial charge in [-0.05, 0) is 16.9 Å². The van der Waals surface area contributed by atoms with Crippen molar-refractivity contribution in [1.29, 1.82) is 0 Å². The van der Waals surface area contributed by atoms with Gasteiger partial charge in [-0.1, -0.05) is 79.5 Å². The Morgan fingerprint density at radius 2 is 1.59 bits per heavy atom. The van der Waals surface area contributed by atoms with Crippen LogP contribution >= 0.6 is 0 Å². The SMILES string of the molecule is C=C[C]([Si](CC(C)C)(CC(C)C)C(C)(C)CCC)S(=O)(=O)O. The van der Waals surface area contributed by atoms with Crippen molar-refractivity contribution in [1.82, 2.24) is 0 Å². The van der Waals surface area contributed by atoms with E-state index in [2.05, 4.69) is 55.0 Å². The minimum atomic E-state index is -4.20. The Morgan fingerprint density at radius 3 is 1.82 bits per heavy atom. The second kappa shape index (κ2) is 8.11. The van der Waals surface area contributed by atoms with Crippen molar-refractivity contribution in [2.45, 2.75) is 78.4 Å². The molecule has 0 aromatic heterocycles. The highest BCUT2D eigenvalue weighted by atomic mass is 32.2. The van der Waals surface area contributed by atoms with Crippen LogP contribution in [0.5, 0.6) is 0 Å². The fraction of sp³-hybridized carbons (Fsp3) is 0.824. The molecule has 0 heterocycles. The lowest BCUT2D eigenvalue weighted by Crippen LogP contribution is -2.54. The third-order valence-electron chi connectivity index (χ3n) is 4.62. The van der Waals surface area contributed by atoms with Crippen LogP contribution in [-0.4, -0.2) is 21.0 Å². The lowest BCUT2D eigenvalue weighted by molar-refractivity contribution is 0.484. The monoisotopic (exact) mass is 347 g/mol. The van der Waals surface area contributed by atoms with Crippen LogP contribution < -0.4 is 0 Å². The molecule has 131 valence electrons. The molecule has 0 amide bonds. The summed E-state index contributed by atoms with van der Waals surface area (Å²) in [5.74, 6) is 0.775. The summed E-state index contributed by atoms with van der Waals surface area (Å²) in [5, 5.41) is -0.102.